The van der Waals surface area contributed by atoms with Gasteiger partial charge in [0.15, 0.2) is 11.5 Å². The predicted octanol–water partition coefficient (Wildman–Crippen LogP) is 19.9. The summed E-state index contributed by atoms with van der Waals surface area (Å²) in [4.78, 5) is 12.6. The average Bonchev–Trinajstić information content (AvgIpc) is 3.44. The van der Waals surface area contributed by atoms with E-state index in [1.807, 2.05) is 84.9 Å². The van der Waals surface area contributed by atoms with E-state index < -0.39 is 5.97 Å². The van der Waals surface area contributed by atoms with E-state index in [0.717, 1.165) is 53.2 Å². The van der Waals surface area contributed by atoms with E-state index in [9.17, 15) is 4.79 Å². The molecule has 4 aromatic carbocycles. The van der Waals surface area contributed by atoms with Crippen LogP contribution in [0.15, 0.2) is 97.1 Å². The van der Waals surface area contributed by atoms with Crippen LogP contribution >= 0.6 is 0 Å². The number of rotatable bonds is 48. The molecule has 0 atom stereocenters. The molecule has 0 saturated heterocycles. The lowest BCUT2D eigenvalue weighted by Crippen LogP contribution is -2.08. The van der Waals surface area contributed by atoms with Gasteiger partial charge >= 0.3 is 5.97 Å². The van der Waals surface area contributed by atoms with Gasteiger partial charge in [-0.2, -0.15) is 0 Å². The molecule has 8 heteroatoms. The quantitative estimate of drug-likeness (QED) is 0.0246. The third kappa shape index (κ3) is 29.4. The molecule has 422 valence electrons. The van der Waals surface area contributed by atoms with Gasteiger partial charge in [0.25, 0.3) is 0 Å². The van der Waals surface area contributed by atoms with Crippen LogP contribution in [0.25, 0.3) is 0 Å². The Kier molecular flexibility index (Phi) is 35.0. The van der Waals surface area contributed by atoms with Crippen LogP contribution in [0.3, 0.4) is 0 Å². The van der Waals surface area contributed by atoms with Crippen LogP contribution in [0, 0.1) is 0 Å². The molecule has 0 aliphatic rings. The lowest BCUT2D eigenvalue weighted by atomic mass is 10.1. The minimum absolute atomic E-state index is 0.00937. The second-order valence-electron chi connectivity index (χ2n) is 21.2. The molecule has 0 heterocycles. The Morgan fingerprint density at radius 1 is 0.342 bits per heavy atom. The van der Waals surface area contributed by atoms with Crippen molar-refractivity contribution in [1.29, 1.82) is 0 Å². The summed E-state index contributed by atoms with van der Waals surface area (Å²) in [6.07, 6.45) is 38.9. The smallest absolute Gasteiger partial charge is 0.333 e. The summed E-state index contributed by atoms with van der Waals surface area (Å²) in [5, 5.41) is 0. The van der Waals surface area contributed by atoms with Crippen molar-refractivity contribution in [2.75, 3.05) is 19.8 Å². The third-order valence-corrected chi connectivity index (χ3v) is 14.0. The van der Waals surface area contributed by atoms with E-state index in [2.05, 4.69) is 27.4 Å². The van der Waals surface area contributed by atoms with Crippen molar-refractivity contribution < 1.29 is 38.0 Å². The number of benzene rings is 4. The van der Waals surface area contributed by atoms with Gasteiger partial charge in [-0.15, -0.1) is 0 Å². The van der Waals surface area contributed by atoms with Crippen molar-refractivity contribution in [2.45, 2.75) is 247 Å². The molecule has 0 aliphatic heterocycles. The molecule has 4 rings (SSSR count). The molecule has 0 N–H and O–H groups in total. The molecule has 4 aromatic rings. The van der Waals surface area contributed by atoms with E-state index in [0.29, 0.717) is 48.2 Å². The molecule has 0 saturated carbocycles. The summed E-state index contributed by atoms with van der Waals surface area (Å²) in [5.74, 6) is 3.51. The molecule has 0 aromatic heterocycles. The zero-order valence-electron chi connectivity index (χ0n) is 48.2. The van der Waals surface area contributed by atoms with Crippen molar-refractivity contribution in [3.8, 4) is 34.5 Å². The molecular weight excluding hydrogens is 945 g/mol. The minimum Gasteiger partial charge on any atom is -0.494 e. The summed E-state index contributed by atoms with van der Waals surface area (Å²) in [6, 6.07) is 28.0. The number of carbonyl (C=O) groups is 1. The summed E-state index contributed by atoms with van der Waals surface area (Å²) >= 11 is 0. The van der Waals surface area contributed by atoms with E-state index in [-0.39, 0.29) is 26.4 Å². The molecule has 76 heavy (non-hydrogen) atoms. The second-order valence-corrected chi connectivity index (χ2v) is 21.2. The highest BCUT2D eigenvalue weighted by Crippen LogP contribution is 2.41. The Morgan fingerprint density at radius 2 is 0.618 bits per heavy atom. The van der Waals surface area contributed by atoms with Crippen LogP contribution in [0.1, 0.15) is 243 Å². The molecule has 0 bridgehead atoms. The van der Waals surface area contributed by atoms with Gasteiger partial charge in [-0.05, 0) is 97.0 Å². The monoisotopic (exact) mass is 1050 g/mol. The summed E-state index contributed by atoms with van der Waals surface area (Å²) < 4.78 is 43.9. The fourth-order valence-electron chi connectivity index (χ4n) is 9.20. The van der Waals surface area contributed by atoms with Crippen molar-refractivity contribution >= 4 is 5.97 Å². The molecule has 8 nitrogen and oxygen atoms in total. The van der Waals surface area contributed by atoms with Gasteiger partial charge in [0.2, 0.25) is 5.75 Å². The lowest BCUT2D eigenvalue weighted by molar-refractivity contribution is -0.140. The van der Waals surface area contributed by atoms with E-state index in [1.165, 1.54) is 173 Å². The highest BCUT2D eigenvalue weighted by atomic mass is 16.5. The largest absolute Gasteiger partial charge is 0.494 e. The fraction of sp³-hybridized carbons (Fsp3) is 0.603. The molecule has 0 fully saturated rings. The fourth-order valence-corrected chi connectivity index (χ4v) is 9.20. The first kappa shape index (κ1) is 63.4. The number of hydrogen-bond acceptors (Lipinski definition) is 8. The third-order valence-electron chi connectivity index (χ3n) is 14.0. The highest BCUT2D eigenvalue weighted by molar-refractivity contribution is 5.86. The Bertz CT molecular complexity index is 1970. The molecular formula is C68H102O8. The average molecular weight is 1050 g/mol. The van der Waals surface area contributed by atoms with Crippen LogP contribution < -0.4 is 28.4 Å². The van der Waals surface area contributed by atoms with Crippen molar-refractivity contribution in [3.63, 3.8) is 0 Å². The number of esters is 1. The number of carbonyl (C=O) groups excluding carboxylic acids is 1. The molecule has 0 unspecified atom stereocenters. The van der Waals surface area contributed by atoms with Crippen LogP contribution in [-0.4, -0.2) is 25.8 Å². The van der Waals surface area contributed by atoms with Gasteiger partial charge in [-0.1, -0.05) is 237 Å². The van der Waals surface area contributed by atoms with Gasteiger partial charge in [-0.25, -0.2) is 4.79 Å². The maximum Gasteiger partial charge on any atom is 0.333 e. The summed E-state index contributed by atoms with van der Waals surface area (Å²) in [6.45, 7) is 15.2. The summed E-state index contributed by atoms with van der Waals surface area (Å²) in [5.41, 5.74) is 3.95. The Balaban J connectivity index is 1.39. The second kappa shape index (κ2) is 42.0. The van der Waals surface area contributed by atoms with Gasteiger partial charge < -0.3 is 33.2 Å². The normalized spacial score (nSPS) is 11.1. The van der Waals surface area contributed by atoms with Gasteiger partial charge in [0, 0.05) is 5.57 Å². The Morgan fingerprint density at radius 3 is 0.908 bits per heavy atom. The lowest BCUT2D eigenvalue weighted by Gasteiger charge is -2.19. The Labute approximate surface area is 462 Å². The SMILES string of the molecule is C=C(C)C(=O)OCc1cc(OCc2ccc(OCCCCCCCCCCCC)cc2)c(OCc2ccc(OCCCCCCCCCCCC)cc2)c(OCc2ccc(OCCCCCCCCCCCC)cc2)c1. The topological polar surface area (TPSA) is 81.7 Å². The van der Waals surface area contributed by atoms with Crippen LogP contribution in [0.4, 0.5) is 0 Å². The maximum absolute atomic E-state index is 12.6. The Hall–Kier alpha value is -5.11. The van der Waals surface area contributed by atoms with Crippen LogP contribution in [0.5, 0.6) is 34.5 Å². The zero-order chi connectivity index (χ0) is 53.9. The summed E-state index contributed by atoms with van der Waals surface area (Å²) in [7, 11) is 0. The molecule has 0 aliphatic carbocycles. The zero-order valence-corrected chi connectivity index (χ0v) is 48.2. The van der Waals surface area contributed by atoms with Gasteiger partial charge in [-0.3, -0.25) is 0 Å². The number of ether oxygens (including phenoxy) is 7. The molecule has 0 amide bonds. The standard InChI is InChI=1S/C68H102O8/c1-6-9-12-15-18-21-24-27-30-33-48-70-62-42-36-58(37-43-62)53-73-65-51-61(56-76-68(69)57(4)5)52-66(74-54-59-38-44-63(45-39-59)71-49-34-31-28-25-22-19-16-13-10-7-2)67(65)75-55-60-40-46-64(47-41-60)72-50-35-32-29-26-23-20-17-14-11-8-3/h36-47,51-52H,4,6-35,48-50,53-56H2,1-3,5H3. The first-order chi connectivity index (χ1) is 37.4. The maximum atomic E-state index is 12.6. The van der Waals surface area contributed by atoms with E-state index >= 15 is 0 Å². The molecule has 0 spiro atoms. The first-order valence-corrected chi connectivity index (χ1v) is 30.4. The minimum atomic E-state index is -0.466. The number of unbranched alkanes of at least 4 members (excludes halogenated alkanes) is 27. The van der Waals surface area contributed by atoms with Crippen molar-refractivity contribution in [1.82, 2.24) is 0 Å². The van der Waals surface area contributed by atoms with Gasteiger partial charge in [0.05, 0.1) is 19.8 Å². The van der Waals surface area contributed by atoms with Crippen LogP contribution in [-0.2, 0) is 36.0 Å². The highest BCUT2D eigenvalue weighted by Gasteiger charge is 2.19. The van der Waals surface area contributed by atoms with Crippen LogP contribution in [0.2, 0.25) is 0 Å². The van der Waals surface area contributed by atoms with E-state index in [1.54, 1.807) is 6.92 Å². The number of hydrogen-bond donors (Lipinski definition) is 0. The van der Waals surface area contributed by atoms with Gasteiger partial charge in [0.1, 0.15) is 43.7 Å². The molecule has 0 radical (unpaired) electrons. The predicted molar refractivity (Wildman–Crippen MR) is 315 cm³/mol. The first-order valence-electron chi connectivity index (χ1n) is 30.4. The van der Waals surface area contributed by atoms with Crippen molar-refractivity contribution in [3.05, 3.63) is 119 Å². The van der Waals surface area contributed by atoms with E-state index in [4.69, 9.17) is 33.2 Å². The van der Waals surface area contributed by atoms with Crippen molar-refractivity contribution in [2.24, 2.45) is 0 Å².